The largest absolute Gasteiger partial charge is 0.444 e. The Morgan fingerprint density at radius 3 is 2.39 bits per heavy atom. The Labute approximate surface area is 210 Å². The second-order valence-corrected chi connectivity index (χ2v) is 10.3. The van der Waals surface area contributed by atoms with Crippen molar-refractivity contribution in [1.29, 1.82) is 0 Å². The van der Waals surface area contributed by atoms with Crippen molar-refractivity contribution in [1.82, 2.24) is 20.0 Å². The standard InChI is InChI=1S/C26H34N6O4/c1-26(2,3)35-25(33)32-11-9-17(10-12-32)20-21-22(36-30-20)24(31-13-15-34-16-14-31)29-23(28-21)18-5-7-19(27-4)8-6-18/h5-8,17,27H,9-16H2,1-4H3. The van der Waals surface area contributed by atoms with E-state index in [0.29, 0.717) is 37.7 Å². The van der Waals surface area contributed by atoms with Gasteiger partial charge in [-0.2, -0.15) is 0 Å². The molecule has 4 heterocycles. The molecule has 0 spiro atoms. The lowest BCUT2D eigenvalue weighted by Gasteiger charge is -2.32. The van der Waals surface area contributed by atoms with Crippen molar-refractivity contribution in [2.24, 2.45) is 0 Å². The fourth-order valence-electron chi connectivity index (χ4n) is 4.67. The molecule has 2 aliphatic heterocycles. The first-order valence-electron chi connectivity index (χ1n) is 12.6. The molecule has 36 heavy (non-hydrogen) atoms. The van der Waals surface area contributed by atoms with Crippen LogP contribution in [0.15, 0.2) is 28.8 Å². The number of anilines is 2. The van der Waals surface area contributed by atoms with E-state index < -0.39 is 5.60 Å². The normalized spacial score (nSPS) is 17.4. The summed E-state index contributed by atoms with van der Waals surface area (Å²) < 4.78 is 17.0. The summed E-state index contributed by atoms with van der Waals surface area (Å²) >= 11 is 0. The van der Waals surface area contributed by atoms with Gasteiger partial charge in [-0.3, -0.25) is 0 Å². The minimum atomic E-state index is -0.509. The van der Waals surface area contributed by atoms with E-state index in [-0.39, 0.29) is 12.0 Å². The van der Waals surface area contributed by atoms with Crippen LogP contribution in [0.1, 0.15) is 45.2 Å². The molecule has 2 saturated heterocycles. The lowest BCUT2D eigenvalue weighted by molar-refractivity contribution is 0.0204. The maximum absolute atomic E-state index is 12.5. The molecule has 10 nitrogen and oxygen atoms in total. The molecular formula is C26H34N6O4. The van der Waals surface area contributed by atoms with E-state index in [4.69, 9.17) is 24.0 Å². The van der Waals surface area contributed by atoms with Gasteiger partial charge in [0.05, 0.1) is 13.2 Å². The number of carbonyl (C=O) groups is 1. The summed E-state index contributed by atoms with van der Waals surface area (Å²) in [6.45, 7) is 9.60. The molecule has 0 atom stereocenters. The molecule has 1 N–H and O–H groups in total. The molecular weight excluding hydrogens is 460 g/mol. The number of aromatic nitrogens is 3. The predicted molar refractivity (Wildman–Crippen MR) is 137 cm³/mol. The summed E-state index contributed by atoms with van der Waals surface area (Å²) in [6.07, 6.45) is 1.27. The zero-order valence-corrected chi connectivity index (χ0v) is 21.4. The third-order valence-corrected chi connectivity index (χ3v) is 6.60. The number of hydrogen-bond acceptors (Lipinski definition) is 9. The molecule has 0 unspecified atom stereocenters. The number of morpholine rings is 1. The average molecular weight is 495 g/mol. The van der Waals surface area contributed by atoms with Crippen LogP contribution in [0.4, 0.5) is 16.3 Å². The van der Waals surface area contributed by atoms with Gasteiger partial charge in [0.25, 0.3) is 0 Å². The van der Waals surface area contributed by atoms with E-state index >= 15 is 0 Å². The maximum atomic E-state index is 12.5. The number of amides is 1. The minimum absolute atomic E-state index is 0.136. The van der Waals surface area contributed by atoms with Crippen molar-refractivity contribution in [2.45, 2.75) is 45.1 Å². The number of carbonyl (C=O) groups excluding carboxylic acids is 1. The van der Waals surface area contributed by atoms with E-state index in [0.717, 1.165) is 54.2 Å². The monoisotopic (exact) mass is 494 g/mol. The molecule has 2 fully saturated rings. The van der Waals surface area contributed by atoms with Gasteiger partial charge in [-0.15, -0.1) is 0 Å². The van der Waals surface area contributed by atoms with Crippen LogP contribution >= 0.6 is 0 Å². The molecule has 3 aromatic rings. The fourth-order valence-corrected chi connectivity index (χ4v) is 4.67. The molecule has 2 aliphatic rings. The molecule has 192 valence electrons. The second kappa shape index (κ2) is 9.93. The highest BCUT2D eigenvalue weighted by Crippen LogP contribution is 2.36. The number of nitrogens with one attached hydrogen (secondary N) is 1. The number of ether oxygens (including phenoxy) is 2. The Bertz CT molecular complexity index is 1210. The van der Waals surface area contributed by atoms with Crippen LogP contribution in [-0.2, 0) is 9.47 Å². The van der Waals surface area contributed by atoms with E-state index in [1.54, 1.807) is 4.90 Å². The SMILES string of the molecule is CNc1ccc(-c2nc(N3CCOCC3)c3onc(C4CCN(C(=O)OC(C)(C)C)CC4)c3n2)cc1. The number of rotatable bonds is 4. The van der Waals surface area contributed by atoms with Gasteiger partial charge in [0.1, 0.15) is 16.8 Å². The Kier molecular flexibility index (Phi) is 6.70. The van der Waals surface area contributed by atoms with Gasteiger partial charge in [0.15, 0.2) is 11.6 Å². The van der Waals surface area contributed by atoms with E-state index in [2.05, 4.69) is 15.4 Å². The van der Waals surface area contributed by atoms with Crippen molar-refractivity contribution < 1.29 is 18.8 Å². The third kappa shape index (κ3) is 5.09. The first kappa shape index (κ1) is 24.3. The second-order valence-electron chi connectivity index (χ2n) is 10.3. The van der Waals surface area contributed by atoms with Gasteiger partial charge < -0.3 is 29.1 Å². The highest BCUT2D eigenvalue weighted by Gasteiger charge is 2.32. The van der Waals surface area contributed by atoms with Crippen LogP contribution in [-0.4, -0.2) is 78.2 Å². The first-order chi connectivity index (χ1) is 17.3. The minimum Gasteiger partial charge on any atom is -0.444 e. The van der Waals surface area contributed by atoms with Crippen LogP contribution in [0.5, 0.6) is 0 Å². The molecule has 0 radical (unpaired) electrons. The molecule has 0 saturated carbocycles. The highest BCUT2D eigenvalue weighted by molar-refractivity contribution is 5.88. The van der Waals surface area contributed by atoms with Crippen LogP contribution < -0.4 is 10.2 Å². The van der Waals surface area contributed by atoms with Gasteiger partial charge in [-0.1, -0.05) is 5.16 Å². The summed E-state index contributed by atoms with van der Waals surface area (Å²) in [7, 11) is 1.89. The van der Waals surface area contributed by atoms with Crippen molar-refractivity contribution in [3.8, 4) is 11.4 Å². The number of hydrogen-bond donors (Lipinski definition) is 1. The van der Waals surface area contributed by atoms with Gasteiger partial charge in [0, 0.05) is 50.4 Å². The molecule has 2 aromatic heterocycles. The topological polar surface area (TPSA) is 106 Å². The number of benzene rings is 1. The molecule has 1 aromatic carbocycles. The van der Waals surface area contributed by atoms with Gasteiger partial charge >= 0.3 is 6.09 Å². The Morgan fingerprint density at radius 2 is 1.75 bits per heavy atom. The third-order valence-electron chi connectivity index (χ3n) is 6.60. The quantitative estimate of drug-likeness (QED) is 0.569. The van der Waals surface area contributed by atoms with E-state index in [1.807, 2.05) is 52.1 Å². The summed E-state index contributed by atoms with van der Waals surface area (Å²) in [5, 5.41) is 7.63. The first-order valence-corrected chi connectivity index (χ1v) is 12.6. The van der Waals surface area contributed by atoms with Crippen LogP contribution in [0.2, 0.25) is 0 Å². The highest BCUT2D eigenvalue weighted by atomic mass is 16.6. The van der Waals surface area contributed by atoms with E-state index in [9.17, 15) is 4.79 Å². The fraction of sp³-hybridized carbons (Fsp3) is 0.538. The van der Waals surface area contributed by atoms with Gasteiger partial charge in [-0.25, -0.2) is 14.8 Å². The number of likely N-dealkylation sites (tertiary alicyclic amines) is 1. The van der Waals surface area contributed by atoms with E-state index in [1.165, 1.54) is 0 Å². The summed E-state index contributed by atoms with van der Waals surface area (Å²) in [4.78, 5) is 26.3. The van der Waals surface area contributed by atoms with Gasteiger partial charge in [0.2, 0.25) is 5.58 Å². The lowest BCUT2D eigenvalue weighted by Crippen LogP contribution is -2.41. The molecule has 10 heteroatoms. The summed E-state index contributed by atoms with van der Waals surface area (Å²) in [5.41, 5.74) is 3.63. The lowest BCUT2D eigenvalue weighted by atomic mass is 9.93. The summed E-state index contributed by atoms with van der Waals surface area (Å²) in [5.74, 6) is 1.53. The van der Waals surface area contributed by atoms with Crippen LogP contribution in [0, 0.1) is 0 Å². The predicted octanol–water partition coefficient (Wildman–Crippen LogP) is 4.28. The number of nitrogens with zero attached hydrogens (tertiary/aromatic N) is 5. The Hall–Kier alpha value is -3.40. The van der Waals surface area contributed by atoms with Crippen molar-refractivity contribution in [3.05, 3.63) is 30.0 Å². The smallest absolute Gasteiger partial charge is 0.410 e. The number of piperidine rings is 1. The average Bonchev–Trinajstić information content (AvgIpc) is 3.32. The Morgan fingerprint density at radius 1 is 1.06 bits per heavy atom. The Balaban J connectivity index is 1.46. The van der Waals surface area contributed by atoms with Crippen LogP contribution in [0.25, 0.3) is 22.5 Å². The maximum Gasteiger partial charge on any atom is 0.410 e. The van der Waals surface area contributed by atoms with Crippen molar-refractivity contribution in [3.63, 3.8) is 0 Å². The van der Waals surface area contributed by atoms with Gasteiger partial charge in [-0.05, 0) is 57.9 Å². The van der Waals surface area contributed by atoms with Crippen molar-refractivity contribution in [2.75, 3.05) is 56.7 Å². The molecule has 1 amide bonds. The number of fused-ring (bicyclic) bond motifs is 1. The van der Waals surface area contributed by atoms with Crippen molar-refractivity contribution >= 4 is 28.7 Å². The summed E-state index contributed by atoms with van der Waals surface area (Å²) in [6, 6.07) is 8.06. The molecule has 0 aliphatic carbocycles. The zero-order chi connectivity index (χ0) is 25.3. The van der Waals surface area contributed by atoms with Crippen LogP contribution in [0.3, 0.4) is 0 Å². The zero-order valence-electron chi connectivity index (χ0n) is 21.4. The molecule has 5 rings (SSSR count). The molecule has 0 bridgehead atoms.